The van der Waals surface area contributed by atoms with Crippen LogP contribution in [0.25, 0.3) is 0 Å². The van der Waals surface area contributed by atoms with Crippen LogP contribution >= 0.6 is 11.8 Å². The molecule has 5 unspecified atom stereocenters. The number of carboxylic acid groups (broad SMARTS) is 1. The number of hydrogen-bond acceptors (Lipinski definition) is 5. The molecule has 3 aliphatic rings. The number of carbonyl (C=O) groups is 2. The molecular formula is C14H19NO4S. The second-order valence-corrected chi connectivity index (χ2v) is 6.73. The Bertz CT molecular complexity index is 452. The number of carbonyl (C=O) groups excluding carboxylic acids is 1. The lowest BCUT2D eigenvalue weighted by Gasteiger charge is -2.25. The van der Waals surface area contributed by atoms with Crippen LogP contribution in [-0.4, -0.2) is 41.3 Å². The van der Waals surface area contributed by atoms with E-state index < -0.39 is 18.2 Å². The first kappa shape index (κ1) is 13.9. The second kappa shape index (κ2) is 5.41. The van der Waals surface area contributed by atoms with Gasteiger partial charge in [-0.3, -0.25) is 14.9 Å². The van der Waals surface area contributed by atoms with Crippen LogP contribution < -0.4 is 5.32 Å². The average Bonchev–Trinajstić information content (AvgIpc) is 3.08. The highest BCUT2D eigenvalue weighted by atomic mass is 32.2. The zero-order valence-corrected chi connectivity index (χ0v) is 12.1. The largest absolute Gasteiger partial charge is 0.480 e. The molecule has 1 heterocycles. The van der Waals surface area contributed by atoms with Gasteiger partial charge in [-0.2, -0.15) is 11.8 Å². The molecule has 2 bridgehead atoms. The smallest absolute Gasteiger partial charge is 0.320 e. The summed E-state index contributed by atoms with van der Waals surface area (Å²) in [5.74, 6) is 0.398. The van der Waals surface area contributed by atoms with E-state index in [0.29, 0.717) is 18.3 Å². The second-order valence-electron chi connectivity index (χ2n) is 5.75. The Balaban J connectivity index is 1.69. The van der Waals surface area contributed by atoms with Gasteiger partial charge < -0.3 is 9.84 Å². The number of allylic oxidation sites excluding steroid dienone is 2. The fraction of sp³-hybridized carbons (Fsp3) is 0.714. The van der Waals surface area contributed by atoms with Crippen LogP contribution in [0.1, 0.15) is 12.8 Å². The van der Waals surface area contributed by atoms with E-state index in [4.69, 9.17) is 4.74 Å². The zero-order chi connectivity index (χ0) is 14.3. The molecule has 2 fully saturated rings. The van der Waals surface area contributed by atoms with E-state index in [0.717, 1.165) is 12.2 Å². The summed E-state index contributed by atoms with van der Waals surface area (Å²) in [5, 5.41) is 12.3. The third kappa shape index (κ3) is 2.24. The molecular weight excluding hydrogens is 278 g/mol. The van der Waals surface area contributed by atoms with Crippen molar-refractivity contribution in [3.63, 3.8) is 0 Å². The van der Waals surface area contributed by atoms with Gasteiger partial charge in [0.05, 0.1) is 5.92 Å². The normalized spacial score (nSPS) is 38.9. The van der Waals surface area contributed by atoms with Crippen LogP contribution in [0.3, 0.4) is 0 Å². The van der Waals surface area contributed by atoms with Gasteiger partial charge in [0.2, 0.25) is 0 Å². The van der Waals surface area contributed by atoms with Gasteiger partial charge in [-0.1, -0.05) is 12.2 Å². The number of carboxylic acids is 1. The van der Waals surface area contributed by atoms with E-state index in [2.05, 4.69) is 17.5 Å². The molecule has 1 aliphatic heterocycles. The van der Waals surface area contributed by atoms with Crippen LogP contribution in [0.4, 0.5) is 0 Å². The summed E-state index contributed by atoms with van der Waals surface area (Å²) in [4.78, 5) is 23.3. The van der Waals surface area contributed by atoms with Crippen LogP contribution in [-0.2, 0) is 14.3 Å². The number of thioether (sulfide) groups is 1. The van der Waals surface area contributed by atoms with Gasteiger partial charge in [0.25, 0.3) is 0 Å². The van der Waals surface area contributed by atoms with Gasteiger partial charge in [-0.25, -0.2) is 0 Å². The predicted molar refractivity (Wildman–Crippen MR) is 75.2 cm³/mol. The molecule has 3 rings (SSSR count). The fourth-order valence-electron chi connectivity index (χ4n) is 3.74. The van der Waals surface area contributed by atoms with Crippen molar-refractivity contribution < 1.29 is 19.4 Å². The molecule has 0 aromatic carbocycles. The Morgan fingerprint density at radius 2 is 2.30 bits per heavy atom. The average molecular weight is 297 g/mol. The summed E-state index contributed by atoms with van der Waals surface area (Å²) in [5.41, 5.74) is 0. The van der Waals surface area contributed by atoms with Crippen molar-refractivity contribution in [1.29, 1.82) is 0 Å². The first-order valence-electron chi connectivity index (χ1n) is 6.98. The molecule has 1 saturated carbocycles. The third-order valence-electron chi connectivity index (χ3n) is 4.66. The van der Waals surface area contributed by atoms with Crippen molar-refractivity contribution in [2.24, 2.45) is 23.7 Å². The Morgan fingerprint density at radius 3 is 3.00 bits per heavy atom. The highest BCUT2D eigenvalue weighted by molar-refractivity contribution is 7.98. The van der Waals surface area contributed by atoms with Crippen molar-refractivity contribution in [1.82, 2.24) is 5.32 Å². The summed E-state index contributed by atoms with van der Waals surface area (Å²) in [6.45, 7) is 0. The lowest BCUT2D eigenvalue weighted by atomic mass is 9.84. The van der Waals surface area contributed by atoms with Crippen molar-refractivity contribution >= 4 is 23.7 Å². The van der Waals surface area contributed by atoms with Gasteiger partial charge in [0.1, 0.15) is 6.04 Å². The number of nitrogens with one attached hydrogen (secondary N) is 1. The van der Waals surface area contributed by atoms with Crippen LogP contribution in [0.15, 0.2) is 12.2 Å². The van der Waals surface area contributed by atoms with Crippen molar-refractivity contribution in [2.45, 2.75) is 25.1 Å². The summed E-state index contributed by atoms with van der Waals surface area (Å²) < 4.78 is 5.41. The van der Waals surface area contributed by atoms with E-state index in [1.165, 1.54) is 0 Å². The first-order valence-corrected chi connectivity index (χ1v) is 8.38. The Kier molecular flexibility index (Phi) is 3.77. The molecule has 20 heavy (non-hydrogen) atoms. The van der Waals surface area contributed by atoms with Gasteiger partial charge in [-0.05, 0) is 36.7 Å². The number of rotatable bonds is 6. The zero-order valence-electron chi connectivity index (χ0n) is 11.3. The van der Waals surface area contributed by atoms with Crippen molar-refractivity contribution in [3.8, 4) is 0 Å². The van der Waals surface area contributed by atoms with Gasteiger partial charge in [-0.15, -0.1) is 0 Å². The number of fused-ring (bicyclic) bond motifs is 5. The summed E-state index contributed by atoms with van der Waals surface area (Å²) in [7, 11) is 0. The Hall–Kier alpha value is -1.01. The summed E-state index contributed by atoms with van der Waals surface area (Å²) in [6, 6.07) is -0.651. The van der Waals surface area contributed by atoms with E-state index in [9.17, 15) is 14.7 Å². The standard InChI is InChI=1S/C14H19NO4S/c1-20-5-4-9(13(16)17)15-12-10-7-2-3-8(6-7)11(10)14(18)19-12/h2-3,7-12,15H,4-6H2,1H3,(H,16,17)/t7?,8?,9-,10?,11?,12?/m0/s1. The van der Waals surface area contributed by atoms with Gasteiger partial charge in [0.15, 0.2) is 6.23 Å². The maximum atomic E-state index is 12.0. The fourth-order valence-corrected chi connectivity index (χ4v) is 4.22. The molecule has 5 nitrogen and oxygen atoms in total. The van der Waals surface area contributed by atoms with Crippen LogP contribution in [0, 0.1) is 23.7 Å². The minimum atomic E-state index is -0.878. The van der Waals surface area contributed by atoms with Crippen molar-refractivity contribution in [3.05, 3.63) is 12.2 Å². The monoisotopic (exact) mass is 297 g/mol. The molecule has 0 amide bonds. The van der Waals surface area contributed by atoms with Crippen molar-refractivity contribution in [2.75, 3.05) is 12.0 Å². The molecule has 0 aromatic rings. The van der Waals surface area contributed by atoms with Crippen LogP contribution in [0.5, 0.6) is 0 Å². The third-order valence-corrected chi connectivity index (χ3v) is 5.30. The Morgan fingerprint density at radius 1 is 1.55 bits per heavy atom. The molecule has 0 spiro atoms. The lowest BCUT2D eigenvalue weighted by Crippen LogP contribution is -2.47. The van der Waals surface area contributed by atoms with E-state index >= 15 is 0 Å². The molecule has 6 atom stereocenters. The Labute approximate surface area is 122 Å². The maximum absolute atomic E-state index is 12.0. The molecule has 2 N–H and O–H groups in total. The quantitative estimate of drug-likeness (QED) is 0.565. The molecule has 0 radical (unpaired) electrons. The summed E-state index contributed by atoms with van der Waals surface area (Å²) in [6.07, 6.45) is 7.30. The number of esters is 1. The highest BCUT2D eigenvalue weighted by Crippen LogP contribution is 2.53. The van der Waals surface area contributed by atoms with Crippen LogP contribution in [0.2, 0.25) is 0 Å². The maximum Gasteiger partial charge on any atom is 0.320 e. The first-order chi connectivity index (χ1) is 9.61. The molecule has 0 aromatic heterocycles. The molecule has 2 aliphatic carbocycles. The number of cyclic esters (lactones) is 1. The minimum Gasteiger partial charge on any atom is -0.480 e. The lowest BCUT2D eigenvalue weighted by molar-refractivity contribution is -0.149. The number of hydrogen-bond donors (Lipinski definition) is 2. The number of ether oxygens (including phenoxy) is 1. The SMILES string of the molecule is CSCC[C@H](NC1OC(=O)C2C3C=CC(C3)C12)C(=O)O. The van der Waals surface area contributed by atoms with Gasteiger partial charge in [0, 0.05) is 5.92 Å². The summed E-state index contributed by atoms with van der Waals surface area (Å²) >= 11 is 1.62. The van der Waals surface area contributed by atoms with E-state index in [-0.39, 0.29) is 17.8 Å². The molecule has 6 heteroatoms. The highest BCUT2D eigenvalue weighted by Gasteiger charge is 2.58. The molecule has 1 saturated heterocycles. The van der Waals surface area contributed by atoms with E-state index in [1.54, 1.807) is 11.8 Å². The van der Waals surface area contributed by atoms with E-state index in [1.807, 2.05) is 6.26 Å². The molecule has 110 valence electrons. The predicted octanol–water partition coefficient (Wildman–Crippen LogP) is 1.10. The minimum absolute atomic E-state index is 0.0718. The topological polar surface area (TPSA) is 75.6 Å². The number of aliphatic carboxylic acids is 1. The van der Waals surface area contributed by atoms with Gasteiger partial charge >= 0.3 is 11.9 Å².